The van der Waals surface area contributed by atoms with E-state index in [1.165, 1.54) is 29.7 Å². The largest absolute Gasteiger partial charge is 0.374 e. The molecule has 1 aromatic heterocycles. The number of nitro benzene ring substituents is 1. The topological polar surface area (TPSA) is 81.0 Å². The molecule has 0 aliphatic rings. The summed E-state index contributed by atoms with van der Waals surface area (Å²) in [5.74, 6) is 0. The zero-order chi connectivity index (χ0) is 12.3. The van der Waals surface area contributed by atoms with Crippen molar-refractivity contribution in [2.24, 2.45) is 0 Å². The highest BCUT2D eigenvalue weighted by atomic mass is 35.5. The first kappa shape index (κ1) is 11.7. The van der Waals surface area contributed by atoms with Gasteiger partial charge < -0.3 is 5.32 Å². The van der Waals surface area contributed by atoms with Crippen LogP contribution in [0.25, 0.3) is 0 Å². The molecule has 8 heteroatoms. The molecule has 0 spiro atoms. The Labute approximate surface area is 106 Å². The van der Waals surface area contributed by atoms with E-state index in [-0.39, 0.29) is 5.69 Å². The maximum atomic E-state index is 10.8. The molecule has 1 aromatic carbocycles. The number of hydrogen-bond acceptors (Lipinski definition) is 6. The number of halogens is 1. The van der Waals surface area contributed by atoms with Crippen molar-refractivity contribution in [3.63, 3.8) is 0 Å². The van der Waals surface area contributed by atoms with E-state index in [1.54, 1.807) is 5.38 Å². The second-order valence-corrected chi connectivity index (χ2v) is 4.21. The fourth-order valence-corrected chi connectivity index (χ4v) is 1.88. The van der Waals surface area contributed by atoms with Crippen molar-refractivity contribution in [1.29, 1.82) is 0 Å². The third-order valence-corrected chi connectivity index (χ3v) is 2.81. The molecular formula is C9H7ClN4O2S. The highest BCUT2D eigenvalue weighted by molar-refractivity contribution is 7.03. The van der Waals surface area contributed by atoms with Crippen molar-refractivity contribution in [2.45, 2.75) is 6.54 Å². The Morgan fingerprint density at radius 1 is 1.53 bits per heavy atom. The van der Waals surface area contributed by atoms with Crippen molar-refractivity contribution in [1.82, 2.24) is 9.59 Å². The second kappa shape index (κ2) is 5.07. The summed E-state index contributed by atoms with van der Waals surface area (Å²) in [6.07, 6.45) is 0. The molecule has 0 fully saturated rings. The number of aromatic nitrogens is 2. The van der Waals surface area contributed by atoms with Crippen LogP contribution in [-0.4, -0.2) is 14.5 Å². The average Bonchev–Trinajstić information content (AvgIpc) is 2.78. The quantitative estimate of drug-likeness (QED) is 0.682. The fourth-order valence-electron chi connectivity index (χ4n) is 1.26. The molecule has 6 nitrogen and oxygen atoms in total. The number of benzene rings is 1. The van der Waals surface area contributed by atoms with E-state index < -0.39 is 4.92 Å². The monoisotopic (exact) mass is 270 g/mol. The van der Waals surface area contributed by atoms with E-state index in [1.807, 2.05) is 0 Å². The Hall–Kier alpha value is -1.73. The van der Waals surface area contributed by atoms with Gasteiger partial charge in [0.05, 0.1) is 17.2 Å². The molecule has 1 N–H and O–H groups in total. The molecule has 0 radical (unpaired) electrons. The molecule has 0 saturated carbocycles. The summed E-state index contributed by atoms with van der Waals surface area (Å²) in [4.78, 5) is 10.3. The van der Waals surface area contributed by atoms with Crippen LogP contribution in [0.4, 0.5) is 11.4 Å². The minimum Gasteiger partial charge on any atom is -0.374 e. The van der Waals surface area contributed by atoms with Gasteiger partial charge in [0.1, 0.15) is 5.69 Å². The van der Waals surface area contributed by atoms with Gasteiger partial charge in [0.2, 0.25) is 0 Å². The Morgan fingerprint density at radius 2 is 2.35 bits per heavy atom. The van der Waals surface area contributed by atoms with Crippen molar-refractivity contribution in [2.75, 3.05) is 5.32 Å². The first-order valence-corrected chi connectivity index (χ1v) is 5.82. The average molecular weight is 271 g/mol. The van der Waals surface area contributed by atoms with Crippen LogP contribution in [0.3, 0.4) is 0 Å². The molecule has 0 aliphatic heterocycles. The van der Waals surface area contributed by atoms with Crippen LogP contribution in [0.15, 0.2) is 23.6 Å². The van der Waals surface area contributed by atoms with Gasteiger partial charge in [-0.2, -0.15) is 0 Å². The van der Waals surface area contributed by atoms with Gasteiger partial charge in [-0.1, -0.05) is 16.1 Å². The lowest BCUT2D eigenvalue weighted by atomic mass is 10.2. The Morgan fingerprint density at radius 3 is 3.00 bits per heavy atom. The van der Waals surface area contributed by atoms with Crippen LogP contribution in [0.2, 0.25) is 5.02 Å². The number of anilines is 1. The maximum absolute atomic E-state index is 10.8. The zero-order valence-corrected chi connectivity index (χ0v) is 10.0. The Bertz CT molecular complexity index is 532. The summed E-state index contributed by atoms with van der Waals surface area (Å²) in [5.41, 5.74) is 1.08. The van der Waals surface area contributed by atoms with Gasteiger partial charge in [0.15, 0.2) is 0 Å². The number of rotatable bonds is 4. The molecule has 1 heterocycles. The summed E-state index contributed by atoms with van der Waals surface area (Å²) in [6, 6.07) is 4.36. The van der Waals surface area contributed by atoms with E-state index >= 15 is 0 Å². The van der Waals surface area contributed by atoms with Crippen molar-refractivity contribution < 1.29 is 4.92 Å². The lowest BCUT2D eigenvalue weighted by Crippen LogP contribution is -2.03. The normalized spacial score (nSPS) is 10.2. The third kappa shape index (κ3) is 2.89. The minimum absolute atomic E-state index is 0.0161. The highest BCUT2D eigenvalue weighted by Gasteiger charge is 2.13. The van der Waals surface area contributed by atoms with Crippen LogP contribution in [0, 0.1) is 10.1 Å². The molecule has 0 bridgehead atoms. The van der Waals surface area contributed by atoms with E-state index in [4.69, 9.17) is 11.6 Å². The van der Waals surface area contributed by atoms with Gasteiger partial charge >= 0.3 is 0 Å². The SMILES string of the molecule is O=[N+]([O-])c1ccc(Cl)cc1NCc1csnn1. The van der Waals surface area contributed by atoms with Gasteiger partial charge in [0, 0.05) is 16.5 Å². The number of nitrogens with one attached hydrogen (secondary N) is 1. The second-order valence-electron chi connectivity index (χ2n) is 3.17. The Kier molecular flexibility index (Phi) is 3.50. The van der Waals surface area contributed by atoms with Crippen LogP contribution in [-0.2, 0) is 6.54 Å². The molecule has 0 aliphatic carbocycles. The molecule has 0 unspecified atom stereocenters. The first-order chi connectivity index (χ1) is 8.16. The maximum Gasteiger partial charge on any atom is 0.292 e. The van der Waals surface area contributed by atoms with Crippen molar-refractivity contribution >= 4 is 34.5 Å². The first-order valence-electron chi connectivity index (χ1n) is 4.60. The fraction of sp³-hybridized carbons (Fsp3) is 0.111. The minimum atomic E-state index is -0.460. The smallest absolute Gasteiger partial charge is 0.292 e. The summed E-state index contributed by atoms with van der Waals surface area (Å²) < 4.78 is 3.70. The number of nitrogens with zero attached hydrogens (tertiary/aromatic N) is 3. The van der Waals surface area contributed by atoms with Crippen LogP contribution in [0.5, 0.6) is 0 Å². The van der Waals surface area contributed by atoms with E-state index in [2.05, 4.69) is 14.9 Å². The molecule has 0 atom stereocenters. The lowest BCUT2D eigenvalue weighted by Gasteiger charge is -2.05. The van der Waals surface area contributed by atoms with Gasteiger partial charge in [-0.3, -0.25) is 10.1 Å². The lowest BCUT2D eigenvalue weighted by molar-refractivity contribution is -0.384. The summed E-state index contributed by atoms with van der Waals surface area (Å²) in [7, 11) is 0. The highest BCUT2D eigenvalue weighted by Crippen LogP contribution is 2.27. The van der Waals surface area contributed by atoms with Gasteiger partial charge in [-0.15, -0.1) is 5.10 Å². The van der Waals surface area contributed by atoms with E-state index in [0.717, 1.165) is 5.69 Å². The third-order valence-electron chi connectivity index (χ3n) is 2.02. The number of hydrogen-bond donors (Lipinski definition) is 1. The van der Waals surface area contributed by atoms with Gasteiger partial charge in [-0.05, 0) is 23.7 Å². The Balaban J connectivity index is 2.19. The van der Waals surface area contributed by atoms with Crippen LogP contribution < -0.4 is 5.32 Å². The predicted octanol–water partition coefficient (Wildman–Crippen LogP) is 2.71. The van der Waals surface area contributed by atoms with Crippen LogP contribution >= 0.6 is 23.1 Å². The van der Waals surface area contributed by atoms with E-state index in [9.17, 15) is 10.1 Å². The van der Waals surface area contributed by atoms with Crippen molar-refractivity contribution in [3.8, 4) is 0 Å². The van der Waals surface area contributed by atoms with Crippen LogP contribution in [0.1, 0.15) is 5.69 Å². The van der Waals surface area contributed by atoms with E-state index in [0.29, 0.717) is 17.3 Å². The zero-order valence-electron chi connectivity index (χ0n) is 8.46. The number of nitro groups is 1. The molecule has 0 amide bonds. The molecule has 2 aromatic rings. The van der Waals surface area contributed by atoms with Gasteiger partial charge in [-0.25, -0.2) is 0 Å². The molecule has 88 valence electrons. The summed E-state index contributed by atoms with van der Waals surface area (Å²) >= 11 is 7.02. The molecule has 2 rings (SSSR count). The summed E-state index contributed by atoms with van der Waals surface area (Å²) in [5, 5.41) is 19.7. The molecule has 0 saturated heterocycles. The molecular weight excluding hydrogens is 264 g/mol. The predicted molar refractivity (Wildman–Crippen MR) is 65.3 cm³/mol. The summed E-state index contributed by atoms with van der Waals surface area (Å²) in [6.45, 7) is 0.373. The molecule has 17 heavy (non-hydrogen) atoms. The van der Waals surface area contributed by atoms with Crippen molar-refractivity contribution in [3.05, 3.63) is 44.4 Å². The standard InChI is InChI=1S/C9H7ClN4O2S/c10-6-1-2-9(14(15)16)8(3-6)11-4-7-5-17-13-12-7/h1-3,5,11H,4H2. The van der Waals surface area contributed by atoms with Gasteiger partial charge in [0.25, 0.3) is 5.69 Å².